The molecule has 5 nitrogen and oxygen atoms in total. The molecule has 0 radical (unpaired) electrons. The van der Waals surface area contributed by atoms with Gasteiger partial charge in [-0.15, -0.1) is 0 Å². The lowest BCUT2D eigenvalue weighted by atomic mass is 9.94. The summed E-state index contributed by atoms with van der Waals surface area (Å²) in [5, 5.41) is 4.61. The summed E-state index contributed by atoms with van der Waals surface area (Å²) in [6, 6.07) is 78.6. The topological polar surface area (TPSA) is 56.5 Å². The molecule has 3 heterocycles. The van der Waals surface area contributed by atoms with Crippen LogP contribution in [0.3, 0.4) is 0 Å². The lowest BCUT2D eigenvalue weighted by Gasteiger charge is -2.13. The molecule has 0 saturated heterocycles. The summed E-state index contributed by atoms with van der Waals surface area (Å²) < 4.78 is 2.37. The van der Waals surface area contributed by atoms with Gasteiger partial charge in [-0.2, -0.15) is 0 Å². The van der Waals surface area contributed by atoms with E-state index in [4.69, 9.17) is 15.0 Å². The molecule has 0 atom stereocenters. The van der Waals surface area contributed by atoms with Crippen LogP contribution in [0.5, 0.6) is 0 Å². The van der Waals surface area contributed by atoms with Crippen LogP contribution in [0.2, 0.25) is 0 Å². The number of hydrogen-bond donors (Lipinski definition) is 0. The highest BCUT2D eigenvalue weighted by Crippen LogP contribution is 2.40. The number of rotatable bonds is 7. The molecule has 0 fully saturated rings. The van der Waals surface area contributed by atoms with Crippen molar-refractivity contribution in [1.29, 1.82) is 0 Å². The molecule has 0 unspecified atom stereocenters. The molecule has 5 heteroatoms. The molecule has 11 aromatic rings. The molecule has 0 aliphatic carbocycles. The molecule has 0 spiro atoms. The van der Waals surface area contributed by atoms with Crippen LogP contribution in [0.4, 0.5) is 0 Å². The second-order valence-electron chi connectivity index (χ2n) is 15.4. The van der Waals surface area contributed by atoms with Crippen molar-refractivity contribution in [3.8, 4) is 73.2 Å². The maximum atomic E-state index is 5.19. The van der Waals surface area contributed by atoms with E-state index in [9.17, 15) is 0 Å². The summed E-state index contributed by atoms with van der Waals surface area (Å²) >= 11 is 0. The predicted molar refractivity (Wildman–Crippen MR) is 260 cm³/mol. The van der Waals surface area contributed by atoms with Gasteiger partial charge in [0.05, 0.1) is 11.0 Å². The van der Waals surface area contributed by atoms with Gasteiger partial charge in [-0.05, 0) is 81.1 Å². The standard InChI is InChI=1S/C58H39N5/c1-2-6-19-41(48-30-16-32-54-55(48)52-29-13-14-31-53(52)63(54)46-25-9-4-10-26-46)34-33-40(18-5-1)47-35-36-51(50-28-12-11-27-49(47)50)58-61-56(42-20-7-3-8-21-42)60-57(62-58)44-23-15-22-43(38-44)45-24-17-37-59-39-45/h1-39H. The molecule has 8 aromatic carbocycles. The fourth-order valence-corrected chi connectivity index (χ4v) is 8.67. The Kier molecular flexibility index (Phi) is 9.80. The van der Waals surface area contributed by atoms with Gasteiger partial charge in [0, 0.05) is 51.1 Å². The zero-order valence-corrected chi connectivity index (χ0v) is 34.3. The van der Waals surface area contributed by atoms with Gasteiger partial charge in [0.2, 0.25) is 0 Å². The summed E-state index contributed by atoms with van der Waals surface area (Å²) in [5.41, 5.74) is 12.8. The van der Waals surface area contributed by atoms with Crippen LogP contribution in [-0.2, 0) is 0 Å². The average Bonchev–Trinajstić information content (AvgIpc) is 3.70. The van der Waals surface area contributed by atoms with Gasteiger partial charge in [0.25, 0.3) is 0 Å². The number of nitrogens with zero attached hydrogens (tertiary/aromatic N) is 5. The Labute approximate surface area is 365 Å². The predicted octanol–water partition coefficient (Wildman–Crippen LogP) is 14.6. The Morgan fingerprint density at radius 3 is 1.57 bits per heavy atom. The van der Waals surface area contributed by atoms with Gasteiger partial charge < -0.3 is 4.57 Å². The molecule has 0 N–H and O–H groups in total. The van der Waals surface area contributed by atoms with Crippen molar-refractivity contribution < 1.29 is 0 Å². The number of pyridine rings is 1. The molecule has 0 saturated carbocycles. The minimum Gasteiger partial charge on any atom is -0.309 e. The van der Waals surface area contributed by atoms with E-state index in [1.54, 1.807) is 6.20 Å². The van der Waals surface area contributed by atoms with Gasteiger partial charge in [-0.1, -0.05) is 182 Å². The number of fused-ring (bicyclic) bond motifs is 4. The maximum absolute atomic E-state index is 5.19. The van der Waals surface area contributed by atoms with Crippen LogP contribution in [0.15, 0.2) is 237 Å². The summed E-state index contributed by atoms with van der Waals surface area (Å²) in [6.45, 7) is 0. The first kappa shape index (κ1) is 37.5. The summed E-state index contributed by atoms with van der Waals surface area (Å²) in [7, 11) is 0. The van der Waals surface area contributed by atoms with Gasteiger partial charge in [0.15, 0.2) is 17.5 Å². The van der Waals surface area contributed by atoms with Gasteiger partial charge in [-0.25, -0.2) is 15.0 Å². The largest absolute Gasteiger partial charge is 0.309 e. The molecule has 0 bridgehead atoms. The summed E-state index contributed by atoms with van der Waals surface area (Å²) in [4.78, 5) is 19.7. The zero-order valence-electron chi connectivity index (χ0n) is 34.3. The minimum absolute atomic E-state index is 0.607. The van der Waals surface area contributed by atoms with Crippen molar-refractivity contribution >= 4 is 32.6 Å². The summed E-state index contributed by atoms with van der Waals surface area (Å²) in [5.74, 6) is 1.84. The Morgan fingerprint density at radius 1 is 0.302 bits per heavy atom. The minimum atomic E-state index is 0.607. The first-order chi connectivity index (χ1) is 31.3. The van der Waals surface area contributed by atoms with Crippen molar-refractivity contribution in [3.05, 3.63) is 237 Å². The van der Waals surface area contributed by atoms with E-state index in [0.717, 1.165) is 61.0 Å². The highest BCUT2D eigenvalue weighted by molar-refractivity contribution is 6.15. The number of aromatic nitrogens is 5. The van der Waals surface area contributed by atoms with Crippen LogP contribution >= 0.6 is 0 Å². The highest BCUT2D eigenvalue weighted by atomic mass is 15.0. The average molecular weight is 806 g/mol. The third-order valence-electron chi connectivity index (χ3n) is 11.6. The molecular formula is C58H39N5. The van der Waals surface area contributed by atoms with E-state index in [0.29, 0.717) is 17.5 Å². The number of hydrogen-bond acceptors (Lipinski definition) is 4. The van der Waals surface area contributed by atoms with Crippen LogP contribution in [0, 0.1) is 0 Å². The Morgan fingerprint density at radius 2 is 0.825 bits per heavy atom. The van der Waals surface area contributed by atoms with Crippen molar-refractivity contribution in [2.75, 3.05) is 0 Å². The number of benzene rings is 7. The molecule has 0 aliphatic heterocycles. The number of para-hydroxylation sites is 2. The SMILES string of the molecule is c1ccc(-c2nc(-c3cccc(-c4cccnc4)c3)nc(-c3ccc(-c4ccccccc(-c5cccc6c5c5ccccc5n6-c5ccccc5)cc4)c4ccccc34)n2)cc1. The van der Waals surface area contributed by atoms with Gasteiger partial charge in [-0.3, -0.25) is 4.98 Å². The second-order valence-corrected chi connectivity index (χ2v) is 15.4. The molecule has 296 valence electrons. The van der Waals surface area contributed by atoms with Crippen molar-refractivity contribution in [2.24, 2.45) is 0 Å². The zero-order chi connectivity index (χ0) is 42.0. The highest BCUT2D eigenvalue weighted by Gasteiger charge is 2.18. The normalized spacial score (nSPS) is 11.2. The Hall–Kier alpha value is -8.54. The van der Waals surface area contributed by atoms with Crippen molar-refractivity contribution in [2.45, 2.75) is 0 Å². The molecule has 0 amide bonds. The summed E-state index contributed by atoms with van der Waals surface area (Å²) in [6.07, 6.45) is 3.66. The van der Waals surface area contributed by atoms with Crippen molar-refractivity contribution in [3.63, 3.8) is 0 Å². The van der Waals surface area contributed by atoms with E-state index in [-0.39, 0.29) is 0 Å². The Bertz CT molecular complexity index is 3510. The molecular weight excluding hydrogens is 767 g/mol. The first-order valence-electron chi connectivity index (χ1n) is 21.1. The van der Waals surface area contributed by atoms with Crippen LogP contribution in [0.25, 0.3) is 106 Å². The monoisotopic (exact) mass is 805 g/mol. The molecule has 63 heavy (non-hydrogen) atoms. The lowest BCUT2D eigenvalue weighted by molar-refractivity contribution is 1.08. The van der Waals surface area contributed by atoms with E-state index in [1.807, 2.05) is 48.7 Å². The molecule has 0 aliphatic rings. The maximum Gasteiger partial charge on any atom is 0.164 e. The van der Waals surface area contributed by atoms with Gasteiger partial charge >= 0.3 is 0 Å². The first-order valence-corrected chi connectivity index (χ1v) is 21.1. The molecule has 3 aromatic heterocycles. The van der Waals surface area contributed by atoms with E-state index < -0.39 is 0 Å². The van der Waals surface area contributed by atoms with E-state index in [1.165, 1.54) is 27.4 Å². The second kappa shape index (κ2) is 16.5. The quantitative estimate of drug-likeness (QED) is 0.161. The Balaban J connectivity index is 1.06. The van der Waals surface area contributed by atoms with Gasteiger partial charge in [0.1, 0.15) is 0 Å². The van der Waals surface area contributed by atoms with Crippen LogP contribution in [-0.4, -0.2) is 24.5 Å². The fourth-order valence-electron chi connectivity index (χ4n) is 8.67. The smallest absolute Gasteiger partial charge is 0.164 e. The third kappa shape index (κ3) is 7.18. The lowest BCUT2D eigenvalue weighted by Crippen LogP contribution is -2.01. The van der Waals surface area contributed by atoms with E-state index in [2.05, 4.69) is 192 Å². The van der Waals surface area contributed by atoms with Crippen LogP contribution < -0.4 is 0 Å². The molecule has 11 rings (SSSR count). The fraction of sp³-hybridized carbons (Fsp3) is 0. The third-order valence-corrected chi connectivity index (χ3v) is 11.6. The van der Waals surface area contributed by atoms with E-state index >= 15 is 0 Å². The van der Waals surface area contributed by atoms with Crippen molar-refractivity contribution in [1.82, 2.24) is 24.5 Å². The van der Waals surface area contributed by atoms with Crippen LogP contribution in [0.1, 0.15) is 0 Å².